The van der Waals surface area contributed by atoms with Crippen molar-refractivity contribution in [1.29, 1.82) is 0 Å². The average Bonchev–Trinajstić information content (AvgIpc) is 2.46. The van der Waals surface area contributed by atoms with Gasteiger partial charge in [0.15, 0.2) is 11.6 Å². The standard InChI is InChI=1S/C16H17F2NO/c1-3-14(19-2)12-6-4-5-7-15(12)20-16-10-11(17)8-9-13(16)18/h4-10,14,19H,3H2,1-2H3. The number of ether oxygens (including phenoxy) is 1. The van der Waals surface area contributed by atoms with Crippen LogP contribution in [-0.2, 0) is 0 Å². The summed E-state index contributed by atoms with van der Waals surface area (Å²) in [4.78, 5) is 0. The van der Waals surface area contributed by atoms with Crippen molar-refractivity contribution in [2.24, 2.45) is 0 Å². The maximum atomic E-state index is 13.6. The van der Waals surface area contributed by atoms with Gasteiger partial charge in [-0.1, -0.05) is 25.1 Å². The van der Waals surface area contributed by atoms with Gasteiger partial charge in [0, 0.05) is 17.7 Å². The van der Waals surface area contributed by atoms with Gasteiger partial charge in [-0.3, -0.25) is 0 Å². The van der Waals surface area contributed by atoms with Gasteiger partial charge in [-0.05, 0) is 31.7 Å². The quantitative estimate of drug-likeness (QED) is 0.873. The lowest BCUT2D eigenvalue weighted by Crippen LogP contribution is -2.15. The van der Waals surface area contributed by atoms with E-state index < -0.39 is 11.6 Å². The van der Waals surface area contributed by atoms with Gasteiger partial charge < -0.3 is 10.1 Å². The van der Waals surface area contributed by atoms with Gasteiger partial charge >= 0.3 is 0 Å². The van der Waals surface area contributed by atoms with E-state index >= 15 is 0 Å². The molecule has 0 heterocycles. The Morgan fingerprint density at radius 1 is 1.10 bits per heavy atom. The lowest BCUT2D eigenvalue weighted by molar-refractivity contribution is 0.423. The number of hydrogen-bond donors (Lipinski definition) is 1. The summed E-state index contributed by atoms with van der Waals surface area (Å²) in [6, 6.07) is 10.6. The second kappa shape index (κ2) is 6.48. The van der Waals surface area contributed by atoms with E-state index in [0.29, 0.717) is 5.75 Å². The molecule has 0 aliphatic heterocycles. The van der Waals surface area contributed by atoms with Gasteiger partial charge in [0.25, 0.3) is 0 Å². The summed E-state index contributed by atoms with van der Waals surface area (Å²) in [7, 11) is 1.85. The van der Waals surface area contributed by atoms with Gasteiger partial charge in [0.05, 0.1) is 0 Å². The molecule has 0 amide bonds. The molecule has 0 radical (unpaired) electrons. The van der Waals surface area contributed by atoms with Crippen molar-refractivity contribution in [3.05, 3.63) is 59.7 Å². The van der Waals surface area contributed by atoms with Crippen LogP contribution in [0.5, 0.6) is 11.5 Å². The summed E-state index contributed by atoms with van der Waals surface area (Å²) < 4.78 is 32.4. The van der Waals surface area contributed by atoms with E-state index in [2.05, 4.69) is 5.32 Å². The number of rotatable bonds is 5. The highest BCUT2D eigenvalue weighted by Crippen LogP contribution is 2.32. The molecule has 0 saturated carbocycles. The first-order valence-electron chi connectivity index (χ1n) is 6.54. The predicted octanol–water partition coefficient (Wildman–Crippen LogP) is 4.43. The molecule has 0 aromatic heterocycles. The third-order valence-corrected chi connectivity index (χ3v) is 3.16. The van der Waals surface area contributed by atoms with Crippen LogP contribution in [0.2, 0.25) is 0 Å². The number of para-hydroxylation sites is 1. The van der Waals surface area contributed by atoms with Crippen LogP contribution < -0.4 is 10.1 Å². The highest BCUT2D eigenvalue weighted by molar-refractivity contribution is 5.40. The van der Waals surface area contributed by atoms with Crippen LogP contribution in [0.15, 0.2) is 42.5 Å². The first-order valence-corrected chi connectivity index (χ1v) is 6.54. The second-order valence-corrected chi connectivity index (χ2v) is 4.46. The minimum atomic E-state index is -0.585. The molecule has 0 bridgehead atoms. The third kappa shape index (κ3) is 3.14. The molecule has 4 heteroatoms. The summed E-state index contributed by atoms with van der Waals surface area (Å²) in [6.07, 6.45) is 0.864. The Balaban J connectivity index is 2.36. The van der Waals surface area contributed by atoms with E-state index in [4.69, 9.17) is 4.74 Å². The summed E-state index contributed by atoms with van der Waals surface area (Å²) in [5.41, 5.74) is 0.918. The molecular formula is C16H17F2NO. The molecule has 2 aromatic rings. The van der Waals surface area contributed by atoms with Gasteiger partial charge in [0.1, 0.15) is 11.6 Å². The zero-order valence-electron chi connectivity index (χ0n) is 11.5. The number of nitrogens with one attached hydrogen (secondary N) is 1. The molecule has 1 atom stereocenters. The Hall–Kier alpha value is -1.94. The van der Waals surface area contributed by atoms with Crippen molar-refractivity contribution in [3.8, 4) is 11.5 Å². The number of halogens is 2. The molecule has 0 saturated heterocycles. The molecule has 2 aromatic carbocycles. The van der Waals surface area contributed by atoms with Crippen LogP contribution >= 0.6 is 0 Å². The highest BCUT2D eigenvalue weighted by atomic mass is 19.1. The molecule has 0 aliphatic rings. The average molecular weight is 277 g/mol. The van der Waals surface area contributed by atoms with Crippen LogP contribution in [0.1, 0.15) is 24.9 Å². The molecule has 106 valence electrons. The number of benzene rings is 2. The summed E-state index contributed by atoms with van der Waals surface area (Å²) in [5.74, 6) is -0.695. The smallest absolute Gasteiger partial charge is 0.165 e. The molecular weight excluding hydrogens is 260 g/mol. The van der Waals surface area contributed by atoms with Crippen LogP contribution in [0, 0.1) is 11.6 Å². The third-order valence-electron chi connectivity index (χ3n) is 3.16. The van der Waals surface area contributed by atoms with Crippen molar-refractivity contribution in [1.82, 2.24) is 5.32 Å². The molecule has 2 nitrogen and oxygen atoms in total. The maximum Gasteiger partial charge on any atom is 0.165 e. The molecule has 0 spiro atoms. The van der Waals surface area contributed by atoms with Gasteiger partial charge in [-0.25, -0.2) is 8.78 Å². The van der Waals surface area contributed by atoms with E-state index in [1.807, 2.05) is 26.1 Å². The van der Waals surface area contributed by atoms with Crippen LogP contribution in [-0.4, -0.2) is 7.05 Å². The first-order chi connectivity index (χ1) is 9.65. The zero-order chi connectivity index (χ0) is 14.5. The maximum absolute atomic E-state index is 13.6. The Kier molecular flexibility index (Phi) is 4.69. The molecule has 20 heavy (non-hydrogen) atoms. The van der Waals surface area contributed by atoms with Gasteiger partial charge in [-0.2, -0.15) is 0 Å². The fourth-order valence-corrected chi connectivity index (χ4v) is 2.11. The van der Waals surface area contributed by atoms with Gasteiger partial charge in [-0.15, -0.1) is 0 Å². The van der Waals surface area contributed by atoms with Crippen LogP contribution in [0.3, 0.4) is 0 Å². The SMILES string of the molecule is CCC(NC)c1ccccc1Oc1cc(F)ccc1F. The normalized spacial score (nSPS) is 12.2. The van der Waals surface area contributed by atoms with Crippen LogP contribution in [0.4, 0.5) is 8.78 Å². The minimum Gasteiger partial charge on any atom is -0.454 e. The topological polar surface area (TPSA) is 21.3 Å². The largest absolute Gasteiger partial charge is 0.454 e. The first kappa shape index (κ1) is 14.5. The highest BCUT2D eigenvalue weighted by Gasteiger charge is 2.14. The van der Waals surface area contributed by atoms with Crippen molar-refractivity contribution >= 4 is 0 Å². The molecule has 1 N–H and O–H groups in total. The Morgan fingerprint density at radius 2 is 1.85 bits per heavy atom. The summed E-state index contributed by atoms with van der Waals surface area (Å²) in [5, 5.41) is 3.17. The Labute approximate surface area is 117 Å². The van der Waals surface area contributed by atoms with Crippen molar-refractivity contribution in [3.63, 3.8) is 0 Å². The van der Waals surface area contributed by atoms with Crippen LogP contribution in [0.25, 0.3) is 0 Å². The van der Waals surface area contributed by atoms with E-state index in [0.717, 1.165) is 30.2 Å². The molecule has 2 rings (SSSR count). The molecule has 0 fully saturated rings. The molecule has 1 unspecified atom stereocenters. The van der Waals surface area contributed by atoms with E-state index in [1.54, 1.807) is 12.1 Å². The lowest BCUT2D eigenvalue weighted by Gasteiger charge is -2.18. The van der Waals surface area contributed by atoms with Crippen molar-refractivity contribution in [2.75, 3.05) is 7.05 Å². The summed E-state index contributed by atoms with van der Waals surface area (Å²) >= 11 is 0. The van der Waals surface area contributed by atoms with Crippen molar-refractivity contribution in [2.45, 2.75) is 19.4 Å². The van der Waals surface area contributed by atoms with E-state index in [1.165, 1.54) is 0 Å². The fourth-order valence-electron chi connectivity index (χ4n) is 2.11. The lowest BCUT2D eigenvalue weighted by atomic mass is 10.0. The summed E-state index contributed by atoms with van der Waals surface area (Å²) in [6.45, 7) is 2.04. The van der Waals surface area contributed by atoms with Crippen molar-refractivity contribution < 1.29 is 13.5 Å². The predicted molar refractivity (Wildman–Crippen MR) is 75.0 cm³/mol. The zero-order valence-corrected chi connectivity index (χ0v) is 11.5. The monoisotopic (exact) mass is 277 g/mol. The van der Waals surface area contributed by atoms with Gasteiger partial charge in [0.2, 0.25) is 0 Å². The Morgan fingerprint density at radius 3 is 2.55 bits per heavy atom. The second-order valence-electron chi connectivity index (χ2n) is 4.46. The van der Waals surface area contributed by atoms with E-state index in [9.17, 15) is 8.78 Å². The molecule has 0 aliphatic carbocycles. The Bertz CT molecular complexity index is 582. The van der Waals surface area contributed by atoms with E-state index in [-0.39, 0.29) is 11.8 Å². The number of hydrogen-bond acceptors (Lipinski definition) is 2. The minimum absolute atomic E-state index is 0.0998. The fraction of sp³-hybridized carbons (Fsp3) is 0.250.